The van der Waals surface area contributed by atoms with E-state index < -0.39 is 12.0 Å². The highest BCUT2D eigenvalue weighted by molar-refractivity contribution is 8.14. The fourth-order valence-electron chi connectivity index (χ4n) is 3.79. The standard InChI is InChI=1S/C24H24N2O5S/c1-15-21(23(28)30-3)22(26-20(27)11-12-32-24(26)25-15)17-9-10-18(19(13-17)29-2)31-14-16-7-5-4-6-8-16/h4-10,13,22H,11-12,14H2,1-3H3. The molecule has 2 heterocycles. The summed E-state index contributed by atoms with van der Waals surface area (Å²) in [5, 5.41) is 0.597. The molecule has 0 spiro atoms. The molecule has 0 N–H and O–H groups in total. The van der Waals surface area contributed by atoms with E-state index in [1.54, 1.807) is 31.1 Å². The van der Waals surface area contributed by atoms with Crippen molar-refractivity contribution in [2.75, 3.05) is 20.0 Å². The summed E-state index contributed by atoms with van der Waals surface area (Å²) in [6, 6.07) is 14.6. The van der Waals surface area contributed by atoms with E-state index in [1.807, 2.05) is 36.4 Å². The normalized spacial score (nSPS) is 18.1. The molecule has 0 radical (unpaired) electrons. The van der Waals surface area contributed by atoms with E-state index in [9.17, 15) is 9.59 Å². The maximum Gasteiger partial charge on any atom is 0.338 e. The molecule has 0 bridgehead atoms. The van der Waals surface area contributed by atoms with Gasteiger partial charge in [-0.1, -0.05) is 48.2 Å². The van der Waals surface area contributed by atoms with Crippen molar-refractivity contribution in [3.63, 3.8) is 0 Å². The van der Waals surface area contributed by atoms with Crippen LogP contribution >= 0.6 is 11.8 Å². The molecular formula is C24H24N2O5S. The van der Waals surface area contributed by atoms with Crippen molar-refractivity contribution < 1.29 is 23.8 Å². The molecule has 1 unspecified atom stereocenters. The fraction of sp³-hybridized carbons (Fsp3) is 0.292. The van der Waals surface area contributed by atoms with E-state index in [4.69, 9.17) is 14.2 Å². The number of nitrogens with zero attached hydrogens (tertiary/aromatic N) is 2. The van der Waals surface area contributed by atoms with E-state index in [0.717, 1.165) is 11.1 Å². The molecule has 2 aromatic rings. The van der Waals surface area contributed by atoms with Crippen LogP contribution in [0.1, 0.15) is 30.5 Å². The number of methoxy groups -OCH3 is 2. The van der Waals surface area contributed by atoms with Gasteiger partial charge < -0.3 is 14.2 Å². The Hall–Kier alpha value is -3.26. The number of fused-ring (bicyclic) bond motifs is 1. The first-order valence-corrected chi connectivity index (χ1v) is 11.2. The van der Waals surface area contributed by atoms with Gasteiger partial charge in [0.25, 0.3) is 0 Å². The van der Waals surface area contributed by atoms with Crippen LogP contribution in [0.2, 0.25) is 0 Å². The van der Waals surface area contributed by atoms with Crippen molar-refractivity contribution >= 4 is 28.8 Å². The Labute approximate surface area is 191 Å². The van der Waals surface area contributed by atoms with E-state index in [-0.39, 0.29) is 5.91 Å². The number of hydrogen-bond donors (Lipinski definition) is 0. The molecule has 32 heavy (non-hydrogen) atoms. The van der Waals surface area contributed by atoms with Crippen LogP contribution in [-0.2, 0) is 20.9 Å². The SMILES string of the molecule is COC(=O)C1=C(C)N=C2SCCC(=O)N2C1c1ccc(OCc2ccccc2)c(OC)c1. The number of esters is 1. The van der Waals surface area contributed by atoms with Gasteiger partial charge in [-0.25, -0.2) is 9.79 Å². The zero-order chi connectivity index (χ0) is 22.7. The molecular weight excluding hydrogens is 428 g/mol. The van der Waals surface area contributed by atoms with Crippen LogP contribution in [-0.4, -0.2) is 41.9 Å². The monoisotopic (exact) mass is 452 g/mol. The molecule has 7 nitrogen and oxygen atoms in total. The Kier molecular flexibility index (Phi) is 6.50. The lowest BCUT2D eigenvalue weighted by molar-refractivity contribution is -0.137. The number of carbonyl (C=O) groups excluding carboxylic acids is 2. The summed E-state index contributed by atoms with van der Waals surface area (Å²) >= 11 is 1.51. The van der Waals surface area contributed by atoms with Crippen molar-refractivity contribution in [2.45, 2.75) is 26.0 Å². The molecule has 166 valence electrons. The lowest BCUT2D eigenvalue weighted by Gasteiger charge is -2.38. The lowest BCUT2D eigenvalue weighted by Crippen LogP contribution is -2.45. The molecule has 2 aromatic carbocycles. The number of rotatable bonds is 6. The number of hydrogen-bond acceptors (Lipinski definition) is 7. The highest BCUT2D eigenvalue weighted by Crippen LogP contribution is 2.42. The molecule has 2 aliphatic rings. The zero-order valence-electron chi connectivity index (χ0n) is 18.2. The van der Waals surface area contributed by atoms with Gasteiger partial charge in [0, 0.05) is 12.2 Å². The topological polar surface area (TPSA) is 77.4 Å². The highest BCUT2D eigenvalue weighted by Gasteiger charge is 2.41. The highest BCUT2D eigenvalue weighted by atomic mass is 32.2. The number of thioether (sulfide) groups is 1. The van der Waals surface area contributed by atoms with Gasteiger partial charge >= 0.3 is 5.97 Å². The number of carbonyl (C=O) groups is 2. The third kappa shape index (κ3) is 4.23. The molecule has 0 aliphatic carbocycles. The van der Waals surface area contributed by atoms with Gasteiger partial charge in [0.2, 0.25) is 5.91 Å². The van der Waals surface area contributed by atoms with Gasteiger partial charge in [-0.2, -0.15) is 0 Å². The summed E-state index contributed by atoms with van der Waals surface area (Å²) in [7, 11) is 2.89. The molecule has 1 amide bonds. The third-order valence-corrected chi connectivity index (χ3v) is 6.31. The van der Waals surface area contributed by atoms with Crippen LogP contribution in [0.5, 0.6) is 11.5 Å². The first-order chi connectivity index (χ1) is 15.5. The predicted molar refractivity (Wildman–Crippen MR) is 123 cm³/mol. The number of ether oxygens (including phenoxy) is 3. The van der Waals surface area contributed by atoms with Crippen molar-refractivity contribution in [3.05, 3.63) is 70.9 Å². The minimum absolute atomic E-state index is 0.0789. The number of benzene rings is 2. The van der Waals surface area contributed by atoms with Crippen LogP contribution in [0, 0.1) is 0 Å². The Morgan fingerprint density at radius 1 is 1.16 bits per heavy atom. The van der Waals surface area contributed by atoms with Crippen molar-refractivity contribution in [2.24, 2.45) is 4.99 Å². The van der Waals surface area contributed by atoms with Gasteiger partial charge in [-0.05, 0) is 30.2 Å². The second kappa shape index (κ2) is 9.48. The Bertz CT molecular complexity index is 1100. The molecule has 0 saturated carbocycles. The summed E-state index contributed by atoms with van der Waals surface area (Å²) in [6.45, 7) is 2.16. The predicted octanol–water partition coefficient (Wildman–Crippen LogP) is 4.10. The zero-order valence-corrected chi connectivity index (χ0v) is 19.0. The summed E-state index contributed by atoms with van der Waals surface area (Å²) < 4.78 is 16.6. The lowest BCUT2D eigenvalue weighted by atomic mass is 9.94. The number of amides is 1. The second-order valence-electron chi connectivity index (χ2n) is 7.33. The Balaban J connectivity index is 1.71. The summed E-state index contributed by atoms with van der Waals surface area (Å²) in [4.78, 5) is 31.6. The van der Waals surface area contributed by atoms with Gasteiger partial charge in [-0.3, -0.25) is 9.69 Å². The van der Waals surface area contributed by atoms with Gasteiger partial charge in [0.1, 0.15) is 6.61 Å². The molecule has 2 aliphatic heterocycles. The van der Waals surface area contributed by atoms with Crippen LogP contribution in [0.4, 0.5) is 0 Å². The first kappa shape index (κ1) is 22.0. The summed E-state index contributed by atoms with van der Waals surface area (Å²) in [5.41, 5.74) is 2.64. The van der Waals surface area contributed by atoms with Crippen LogP contribution in [0.15, 0.2) is 64.8 Å². The molecule has 4 rings (SSSR count). The van der Waals surface area contributed by atoms with Gasteiger partial charge in [0.15, 0.2) is 16.7 Å². The molecule has 8 heteroatoms. The minimum atomic E-state index is -0.646. The quantitative estimate of drug-likeness (QED) is 0.614. The van der Waals surface area contributed by atoms with Crippen LogP contribution < -0.4 is 9.47 Å². The van der Waals surface area contributed by atoms with Crippen molar-refractivity contribution in [3.8, 4) is 11.5 Å². The number of aliphatic imine (C=N–C) groups is 1. The van der Waals surface area contributed by atoms with Crippen molar-refractivity contribution in [1.29, 1.82) is 0 Å². The number of amidine groups is 1. The van der Waals surface area contributed by atoms with Gasteiger partial charge in [0.05, 0.1) is 31.5 Å². The third-order valence-electron chi connectivity index (χ3n) is 5.35. The maximum atomic E-state index is 12.9. The van der Waals surface area contributed by atoms with E-state index in [2.05, 4.69) is 4.99 Å². The minimum Gasteiger partial charge on any atom is -0.493 e. The average Bonchev–Trinajstić information content (AvgIpc) is 2.82. The molecule has 1 saturated heterocycles. The first-order valence-electron chi connectivity index (χ1n) is 10.2. The summed E-state index contributed by atoms with van der Waals surface area (Å²) in [5.74, 6) is 1.16. The van der Waals surface area contributed by atoms with E-state index in [0.29, 0.717) is 46.7 Å². The van der Waals surface area contributed by atoms with Crippen molar-refractivity contribution in [1.82, 2.24) is 4.90 Å². The van der Waals surface area contributed by atoms with Gasteiger partial charge in [-0.15, -0.1) is 0 Å². The summed E-state index contributed by atoms with van der Waals surface area (Å²) in [6.07, 6.45) is 0.378. The largest absolute Gasteiger partial charge is 0.493 e. The molecule has 0 aromatic heterocycles. The Morgan fingerprint density at radius 3 is 2.66 bits per heavy atom. The number of allylic oxidation sites excluding steroid dienone is 1. The van der Waals surface area contributed by atoms with Crippen LogP contribution in [0.3, 0.4) is 0 Å². The second-order valence-corrected chi connectivity index (χ2v) is 8.40. The fourth-order valence-corrected chi connectivity index (χ4v) is 4.80. The maximum absolute atomic E-state index is 12.9. The van der Waals surface area contributed by atoms with Crippen LogP contribution in [0.25, 0.3) is 0 Å². The van der Waals surface area contributed by atoms with E-state index >= 15 is 0 Å². The smallest absolute Gasteiger partial charge is 0.338 e. The molecule has 1 atom stereocenters. The average molecular weight is 453 g/mol. The molecule has 1 fully saturated rings. The Morgan fingerprint density at radius 2 is 1.94 bits per heavy atom. The van der Waals surface area contributed by atoms with E-state index in [1.165, 1.54) is 18.9 Å².